The Bertz CT molecular complexity index is 237. The topological polar surface area (TPSA) is 115 Å². The smallest absolute Gasteiger partial charge is 0.331 e. The summed E-state index contributed by atoms with van der Waals surface area (Å²) in [6.45, 7) is 6.08. The Morgan fingerprint density at radius 2 is 1.60 bits per heavy atom. The first kappa shape index (κ1) is 16.0. The fourth-order valence-electron chi connectivity index (χ4n) is 0.258. The first-order chi connectivity index (χ1) is 6.60. The predicted molar refractivity (Wildman–Crippen MR) is 52.2 cm³/mol. The second-order valence-electron chi connectivity index (χ2n) is 3.05. The van der Waals surface area contributed by atoms with Gasteiger partial charge in [0, 0.05) is 5.57 Å². The molecule has 0 atom stereocenters. The lowest BCUT2D eigenvalue weighted by Gasteiger charge is -2.10. The minimum atomic E-state index is -1.46. The van der Waals surface area contributed by atoms with Crippen molar-refractivity contribution in [3.05, 3.63) is 12.2 Å². The molecule has 15 heavy (non-hydrogen) atoms. The lowest BCUT2D eigenvalue weighted by atomic mass is 10.2. The average Bonchev–Trinajstić information content (AvgIpc) is 2.02. The molecule has 6 nitrogen and oxygen atoms in total. The third kappa shape index (κ3) is 15.4. The van der Waals surface area contributed by atoms with Crippen LogP contribution in [0.3, 0.4) is 0 Å². The van der Waals surface area contributed by atoms with Gasteiger partial charge in [-0.25, -0.2) is 4.79 Å². The number of carboxylic acids is 2. The highest BCUT2D eigenvalue weighted by molar-refractivity contribution is 5.91. The van der Waals surface area contributed by atoms with Crippen LogP contribution in [0.15, 0.2) is 12.2 Å². The summed E-state index contributed by atoms with van der Waals surface area (Å²) in [6.07, 6.45) is -0.123. The quantitative estimate of drug-likeness (QED) is 0.397. The minimum Gasteiger partial charge on any atom is -0.481 e. The van der Waals surface area contributed by atoms with Gasteiger partial charge in [-0.3, -0.25) is 4.79 Å². The normalized spacial score (nSPS) is 9.87. The van der Waals surface area contributed by atoms with Gasteiger partial charge in [0.05, 0.1) is 6.42 Å². The Morgan fingerprint density at radius 3 is 1.67 bits per heavy atom. The van der Waals surface area contributed by atoms with Crippen molar-refractivity contribution >= 4 is 11.9 Å². The van der Waals surface area contributed by atoms with E-state index in [2.05, 4.69) is 6.58 Å². The minimum absolute atomic E-state index is 0.303. The standard InChI is InChI=1S/C5H6O4.C4H10O2/c1-3(5(8)9)2-4(6)7;1-3-4(2,5)6/h1-2H2,(H,6,7)(H,8,9);5-6H,3H2,1-2H3. The summed E-state index contributed by atoms with van der Waals surface area (Å²) in [6, 6.07) is 0. The third-order valence-electron chi connectivity index (χ3n) is 1.34. The first-order valence-corrected chi connectivity index (χ1v) is 4.17. The van der Waals surface area contributed by atoms with Crippen molar-refractivity contribution in [3.8, 4) is 0 Å². The van der Waals surface area contributed by atoms with Crippen molar-refractivity contribution in [1.82, 2.24) is 0 Å². The maximum atomic E-state index is 9.87. The second kappa shape index (κ2) is 6.97. The molecular weight excluding hydrogens is 204 g/mol. The Morgan fingerprint density at radius 1 is 1.27 bits per heavy atom. The molecule has 88 valence electrons. The zero-order valence-electron chi connectivity index (χ0n) is 8.73. The lowest BCUT2D eigenvalue weighted by molar-refractivity contribution is -0.145. The first-order valence-electron chi connectivity index (χ1n) is 4.17. The van der Waals surface area contributed by atoms with Gasteiger partial charge in [0.1, 0.15) is 0 Å². The van der Waals surface area contributed by atoms with Gasteiger partial charge in [-0.05, 0) is 13.3 Å². The molecule has 0 spiro atoms. The lowest BCUT2D eigenvalue weighted by Crippen LogP contribution is -2.20. The molecule has 0 aliphatic rings. The molecule has 0 heterocycles. The number of hydrogen-bond donors (Lipinski definition) is 4. The predicted octanol–water partition coefficient (Wildman–Crippen LogP) is 0.199. The molecule has 0 fully saturated rings. The molecule has 0 aromatic rings. The van der Waals surface area contributed by atoms with Crippen molar-refractivity contribution in [2.75, 3.05) is 0 Å². The van der Waals surface area contributed by atoms with Crippen LogP contribution >= 0.6 is 0 Å². The van der Waals surface area contributed by atoms with E-state index in [0.29, 0.717) is 6.42 Å². The van der Waals surface area contributed by atoms with Crippen molar-refractivity contribution in [1.29, 1.82) is 0 Å². The summed E-state index contributed by atoms with van der Waals surface area (Å²) in [7, 11) is 0. The largest absolute Gasteiger partial charge is 0.481 e. The molecule has 0 aromatic heterocycles. The zero-order valence-corrected chi connectivity index (χ0v) is 8.73. The van der Waals surface area contributed by atoms with E-state index >= 15 is 0 Å². The molecule has 0 radical (unpaired) electrons. The molecule has 6 heteroatoms. The molecule has 0 aliphatic heterocycles. The molecule has 0 aromatic carbocycles. The number of hydrogen-bond acceptors (Lipinski definition) is 4. The van der Waals surface area contributed by atoms with E-state index in [-0.39, 0.29) is 5.57 Å². The van der Waals surface area contributed by atoms with Crippen LogP contribution in [-0.2, 0) is 9.59 Å². The van der Waals surface area contributed by atoms with Crippen molar-refractivity contribution < 1.29 is 30.0 Å². The van der Waals surface area contributed by atoms with E-state index in [1.807, 2.05) is 0 Å². The summed E-state index contributed by atoms with van der Waals surface area (Å²) in [4.78, 5) is 19.7. The van der Waals surface area contributed by atoms with Crippen LogP contribution in [0.1, 0.15) is 26.7 Å². The van der Waals surface area contributed by atoms with E-state index in [1.165, 1.54) is 6.92 Å². The van der Waals surface area contributed by atoms with Crippen LogP contribution in [0.25, 0.3) is 0 Å². The number of carboxylic acid groups (broad SMARTS) is 2. The summed E-state index contributed by atoms with van der Waals surface area (Å²) in [5.41, 5.74) is -0.303. The molecule has 0 rings (SSSR count). The molecule has 0 amide bonds. The molecule has 0 saturated heterocycles. The average molecular weight is 220 g/mol. The molecule has 0 saturated carbocycles. The second-order valence-corrected chi connectivity index (χ2v) is 3.05. The Labute approximate surface area is 87.5 Å². The van der Waals surface area contributed by atoms with Gasteiger partial charge in [0.25, 0.3) is 0 Å². The van der Waals surface area contributed by atoms with Gasteiger partial charge in [-0.15, -0.1) is 0 Å². The highest BCUT2D eigenvalue weighted by atomic mass is 16.5. The van der Waals surface area contributed by atoms with E-state index in [0.717, 1.165) is 0 Å². The van der Waals surface area contributed by atoms with Gasteiger partial charge < -0.3 is 20.4 Å². The van der Waals surface area contributed by atoms with Crippen molar-refractivity contribution in [3.63, 3.8) is 0 Å². The highest BCUT2D eigenvalue weighted by Gasteiger charge is 2.08. The number of rotatable bonds is 4. The molecular formula is C9H16O6. The SMILES string of the molecule is C=C(CC(=O)O)C(=O)O.CCC(C)(O)O. The van der Waals surface area contributed by atoms with Crippen LogP contribution in [0.2, 0.25) is 0 Å². The Balaban J connectivity index is 0. The van der Waals surface area contributed by atoms with Gasteiger partial charge in [-0.1, -0.05) is 13.5 Å². The number of aliphatic carboxylic acids is 2. The summed E-state index contributed by atoms with van der Waals surface area (Å²) < 4.78 is 0. The van der Waals surface area contributed by atoms with Crippen LogP contribution in [0.5, 0.6) is 0 Å². The van der Waals surface area contributed by atoms with Crippen LogP contribution in [-0.4, -0.2) is 38.2 Å². The van der Waals surface area contributed by atoms with Gasteiger partial charge in [0.15, 0.2) is 5.79 Å². The van der Waals surface area contributed by atoms with Gasteiger partial charge in [-0.2, -0.15) is 0 Å². The summed E-state index contributed by atoms with van der Waals surface area (Å²) in [5.74, 6) is -3.90. The number of carbonyl (C=O) groups is 2. The van der Waals surface area contributed by atoms with E-state index in [9.17, 15) is 9.59 Å². The molecule has 0 aliphatic carbocycles. The van der Waals surface area contributed by atoms with E-state index in [1.54, 1.807) is 6.92 Å². The van der Waals surface area contributed by atoms with E-state index < -0.39 is 24.1 Å². The summed E-state index contributed by atoms with van der Waals surface area (Å²) in [5, 5.41) is 32.8. The highest BCUT2D eigenvalue weighted by Crippen LogP contribution is 1.99. The Hall–Kier alpha value is -1.40. The maximum Gasteiger partial charge on any atom is 0.331 e. The Kier molecular flexibility index (Phi) is 7.45. The molecule has 0 bridgehead atoms. The third-order valence-corrected chi connectivity index (χ3v) is 1.34. The van der Waals surface area contributed by atoms with Crippen molar-refractivity contribution in [2.45, 2.75) is 32.5 Å². The molecule has 4 N–H and O–H groups in total. The van der Waals surface area contributed by atoms with Crippen LogP contribution < -0.4 is 0 Å². The van der Waals surface area contributed by atoms with Crippen LogP contribution in [0.4, 0.5) is 0 Å². The fourth-order valence-corrected chi connectivity index (χ4v) is 0.258. The fraction of sp³-hybridized carbons (Fsp3) is 0.556. The van der Waals surface area contributed by atoms with Crippen LogP contribution in [0, 0.1) is 0 Å². The maximum absolute atomic E-state index is 9.87. The zero-order chi connectivity index (χ0) is 12.6. The van der Waals surface area contributed by atoms with E-state index in [4.69, 9.17) is 20.4 Å². The van der Waals surface area contributed by atoms with Crippen molar-refractivity contribution in [2.24, 2.45) is 0 Å². The number of aliphatic hydroxyl groups is 2. The van der Waals surface area contributed by atoms with Gasteiger partial charge >= 0.3 is 11.9 Å². The van der Waals surface area contributed by atoms with Gasteiger partial charge in [0.2, 0.25) is 0 Å². The molecule has 0 unspecified atom stereocenters. The summed E-state index contributed by atoms with van der Waals surface area (Å²) >= 11 is 0. The monoisotopic (exact) mass is 220 g/mol.